The van der Waals surface area contributed by atoms with Crippen LogP contribution in [0.2, 0.25) is 0 Å². The number of rotatable bonds is 4. The molecular weight excluding hydrogens is 214 g/mol. The highest BCUT2D eigenvalue weighted by atomic mass is 16.4. The van der Waals surface area contributed by atoms with Crippen molar-refractivity contribution in [2.45, 2.75) is 38.5 Å². The van der Waals surface area contributed by atoms with Crippen LogP contribution in [-0.4, -0.2) is 35.6 Å². The van der Waals surface area contributed by atoms with Crippen molar-refractivity contribution in [2.75, 3.05) is 19.6 Å². The van der Waals surface area contributed by atoms with E-state index in [2.05, 4.69) is 10.1 Å². The number of likely N-dealkylation sites (tertiary alicyclic amines) is 1. The van der Waals surface area contributed by atoms with Crippen LogP contribution < -0.4 is 5.73 Å². The number of amidine groups is 1. The molecule has 2 saturated carbocycles. The second-order valence-electron chi connectivity index (χ2n) is 6.41. The molecule has 0 aromatic carbocycles. The smallest absolute Gasteiger partial charge is 0.139 e. The van der Waals surface area contributed by atoms with Gasteiger partial charge in [0.2, 0.25) is 0 Å². The molecule has 0 amide bonds. The van der Waals surface area contributed by atoms with Gasteiger partial charge in [0.25, 0.3) is 0 Å². The molecular formula is C13H23N3O. The lowest BCUT2D eigenvalue weighted by molar-refractivity contribution is 0.247. The van der Waals surface area contributed by atoms with E-state index in [1.165, 1.54) is 45.2 Å². The lowest BCUT2D eigenvalue weighted by Crippen LogP contribution is -2.32. The summed E-state index contributed by atoms with van der Waals surface area (Å²) in [5.74, 6) is 2.34. The predicted octanol–water partition coefficient (Wildman–Crippen LogP) is 1.63. The third-order valence-electron chi connectivity index (χ3n) is 5.00. The van der Waals surface area contributed by atoms with Crippen molar-refractivity contribution in [3.63, 3.8) is 0 Å². The van der Waals surface area contributed by atoms with Crippen LogP contribution in [0.15, 0.2) is 5.16 Å². The van der Waals surface area contributed by atoms with Gasteiger partial charge in [0.05, 0.1) is 0 Å². The highest BCUT2D eigenvalue weighted by Crippen LogP contribution is 2.50. The van der Waals surface area contributed by atoms with Gasteiger partial charge in [0.1, 0.15) is 5.84 Å². The Hall–Kier alpha value is -0.770. The molecule has 96 valence electrons. The lowest BCUT2D eigenvalue weighted by atomic mass is 10.0. The molecule has 1 aliphatic heterocycles. The highest BCUT2D eigenvalue weighted by molar-refractivity contribution is 5.80. The maximum atomic E-state index is 8.67. The molecule has 1 saturated heterocycles. The molecule has 0 radical (unpaired) electrons. The van der Waals surface area contributed by atoms with Crippen molar-refractivity contribution >= 4 is 5.84 Å². The minimum atomic E-state index is 0.342. The third kappa shape index (κ3) is 2.28. The Kier molecular flexibility index (Phi) is 2.77. The fourth-order valence-corrected chi connectivity index (χ4v) is 3.92. The fraction of sp³-hybridized carbons (Fsp3) is 0.923. The van der Waals surface area contributed by atoms with Gasteiger partial charge < -0.3 is 15.8 Å². The zero-order chi connectivity index (χ0) is 11.9. The number of oxime groups is 1. The van der Waals surface area contributed by atoms with Crippen LogP contribution in [-0.2, 0) is 0 Å². The second kappa shape index (κ2) is 4.16. The number of hydrogen-bond donors (Lipinski definition) is 2. The third-order valence-corrected chi connectivity index (χ3v) is 5.00. The molecule has 0 aromatic heterocycles. The molecule has 2 unspecified atom stereocenters. The van der Waals surface area contributed by atoms with Gasteiger partial charge in [-0.15, -0.1) is 0 Å². The Balaban J connectivity index is 1.54. The summed E-state index contributed by atoms with van der Waals surface area (Å²) >= 11 is 0. The lowest BCUT2D eigenvalue weighted by Gasteiger charge is -2.23. The van der Waals surface area contributed by atoms with Gasteiger partial charge in [0, 0.05) is 26.1 Å². The van der Waals surface area contributed by atoms with Crippen LogP contribution in [0, 0.1) is 17.3 Å². The first-order chi connectivity index (χ1) is 8.21. The number of hydrogen-bond acceptors (Lipinski definition) is 3. The number of fused-ring (bicyclic) bond motifs is 1. The largest absolute Gasteiger partial charge is 0.409 e. The normalized spacial score (nSPS) is 36.1. The summed E-state index contributed by atoms with van der Waals surface area (Å²) in [6, 6.07) is 0. The van der Waals surface area contributed by atoms with Crippen LogP contribution in [0.5, 0.6) is 0 Å². The zero-order valence-electron chi connectivity index (χ0n) is 10.4. The van der Waals surface area contributed by atoms with Crippen LogP contribution in [0.4, 0.5) is 0 Å². The molecule has 1 heterocycles. The summed E-state index contributed by atoms with van der Waals surface area (Å²) in [6.07, 6.45) is 7.58. The Morgan fingerprint density at radius 2 is 1.94 bits per heavy atom. The first-order valence-corrected chi connectivity index (χ1v) is 6.90. The van der Waals surface area contributed by atoms with E-state index in [0.29, 0.717) is 11.3 Å². The van der Waals surface area contributed by atoms with E-state index in [-0.39, 0.29) is 0 Å². The quantitative estimate of drug-likeness (QED) is 0.338. The van der Waals surface area contributed by atoms with Crippen molar-refractivity contribution in [3.8, 4) is 0 Å². The van der Waals surface area contributed by atoms with E-state index in [1.807, 2.05) is 0 Å². The zero-order valence-corrected chi connectivity index (χ0v) is 10.4. The molecule has 3 aliphatic rings. The standard InChI is InChI=1S/C13H23N3O/c14-12(15-17)6-13(4-5-13)9-16-7-10-2-1-3-11(10)8-16/h10-11,17H,1-9H2,(H2,14,15). The van der Waals surface area contributed by atoms with E-state index >= 15 is 0 Å². The highest BCUT2D eigenvalue weighted by Gasteiger charge is 2.47. The maximum Gasteiger partial charge on any atom is 0.139 e. The SMILES string of the molecule is NC(CC1(CN2CC3CCCC3C2)CC1)=NO. The summed E-state index contributed by atoms with van der Waals surface area (Å²) in [7, 11) is 0. The van der Waals surface area contributed by atoms with E-state index in [9.17, 15) is 0 Å². The Labute approximate surface area is 103 Å². The number of nitrogens with two attached hydrogens (primary N) is 1. The minimum absolute atomic E-state index is 0.342. The molecule has 0 aromatic rings. The second-order valence-corrected chi connectivity index (χ2v) is 6.41. The van der Waals surface area contributed by atoms with E-state index in [4.69, 9.17) is 10.9 Å². The first kappa shape index (κ1) is 11.3. The molecule has 2 aliphatic carbocycles. The molecule has 0 spiro atoms. The summed E-state index contributed by atoms with van der Waals surface area (Å²) in [5.41, 5.74) is 5.99. The predicted molar refractivity (Wildman–Crippen MR) is 67.0 cm³/mol. The van der Waals surface area contributed by atoms with Gasteiger partial charge in [-0.05, 0) is 42.9 Å². The average Bonchev–Trinajstić information content (AvgIpc) is 2.71. The van der Waals surface area contributed by atoms with Gasteiger partial charge >= 0.3 is 0 Å². The van der Waals surface area contributed by atoms with Gasteiger partial charge in [0.15, 0.2) is 0 Å². The molecule has 4 nitrogen and oxygen atoms in total. The molecule has 4 heteroatoms. The van der Waals surface area contributed by atoms with E-state index < -0.39 is 0 Å². The van der Waals surface area contributed by atoms with Crippen LogP contribution >= 0.6 is 0 Å². The molecule has 0 bridgehead atoms. The fourth-order valence-electron chi connectivity index (χ4n) is 3.92. The molecule has 3 rings (SSSR count). The first-order valence-electron chi connectivity index (χ1n) is 6.90. The van der Waals surface area contributed by atoms with Gasteiger partial charge in [-0.1, -0.05) is 11.6 Å². The van der Waals surface area contributed by atoms with Crippen molar-refractivity contribution in [1.82, 2.24) is 4.90 Å². The molecule has 3 fully saturated rings. The van der Waals surface area contributed by atoms with Crippen LogP contribution in [0.25, 0.3) is 0 Å². The van der Waals surface area contributed by atoms with E-state index in [1.54, 1.807) is 0 Å². The van der Waals surface area contributed by atoms with Crippen molar-refractivity contribution in [2.24, 2.45) is 28.1 Å². The molecule has 3 N–H and O–H groups in total. The Morgan fingerprint density at radius 3 is 2.47 bits per heavy atom. The maximum absolute atomic E-state index is 8.67. The summed E-state index contributed by atoms with van der Waals surface area (Å²) in [6.45, 7) is 3.75. The molecule has 2 atom stereocenters. The van der Waals surface area contributed by atoms with Crippen molar-refractivity contribution in [3.05, 3.63) is 0 Å². The Bertz CT molecular complexity index is 313. The van der Waals surface area contributed by atoms with E-state index in [0.717, 1.165) is 24.8 Å². The van der Waals surface area contributed by atoms with Gasteiger partial charge in [-0.2, -0.15) is 0 Å². The Morgan fingerprint density at radius 1 is 1.29 bits per heavy atom. The van der Waals surface area contributed by atoms with Crippen molar-refractivity contribution < 1.29 is 5.21 Å². The minimum Gasteiger partial charge on any atom is -0.409 e. The van der Waals surface area contributed by atoms with Gasteiger partial charge in [-0.25, -0.2) is 0 Å². The molecule has 17 heavy (non-hydrogen) atoms. The van der Waals surface area contributed by atoms with Crippen molar-refractivity contribution in [1.29, 1.82) is 0 Å². The average molecular weight is 237 g/mol. The van der Waals surface area contributed by atoms with Crippen LogP contribution in [0.3, 0.4) is 0 Å². The van der Waals surface area contributed by atoms with Gasteiger partial charge in [-0.3, -0.25) is 0 Å². The summed E-state index contributed by atoms with van der Waals surface area (Å²) < 4.78 is 0. The summed E-state index contributed by atoms with van der Waals surface area (Å²) in [4.78, 5) is 2.63. The monoisotopic (exact) mass is 237 g/mol. The topological polar surface area (TPSA) is 61.8 Å². The number of nitrogens with zero attached hydrogens (tertiary/aromatic N) is 2. The van der Waals surface area contributed by atoms with Crippen LogP contribution in [0.1, 0.15) is 38.5 Å². The summed E-state index contributed by atoms with van der Waals surface area (Å²) in [5, 5.41) is 11.8.